The van der Waals surface area contributed by atoms with Gasteiger partial charge in [-0.3, -0.25) is 9.59 Å². The number of para-hydroxylation sites is 1. The highest BCUT2D eigenvalue weighted by Crippen LogP contribution is 2.23. The number of nitrogens with one attached hydrogen (secondary N) is 1. The number of halogens is 1. The van der Waals surface area contributed by atoms with Crippen LogP contribution in [0, 0.1) is 0 Å². The maximum absolute atomic E-state index is 13.4. The number of rotatable bonds is 10. The lowest BCUT2D eigenvalue weighted by Gasteiger charge is -2.32. The highest BCUT2D eigenvalue weighted by atomic mass is 35.5. The van der Waals surface area contributed by atoms with Crippen LogP contribution in [0.1, 0.15) is 25.0 Å². The van der Waals surface area contributed by atoms with Crippen molar-refractivity contribution in [3.8, 4) is 5.75 Å². The fourth-order valence-electron chi connectivity index (χ4n) is 3.50. The van der Waals surface area contributed by atoms with Gasteiger partial charge in [0.2, 0.25) is 5.91 Å². The van der Waals surface area contributed by atoms with Crippen molar-refractivity contribution in [3.05, 3.63) is 101 Å². The number of ether oxygens (including phenoxy) is 1. The van der Waals surface area contributed by atoms with E-state index in [0.29, 0.717) is 17.2 Å². The molecule has 33 heavy (non-hydrogen) atoms. The van der Waals surface area contributed by atoms with E-state index in [1.807, 2.05) is 74.5 Å². The van der Waals surface area contributed by atoms with Crippen molar-refractivity contribution >= 4 is 23.4 Å². The molecule has 5 nitrogen and oxygen atoms in total. The van der Waals surface area contributed by atoms with E-state index in [1.54, 1.807) is 29.2 Å². The summed E-state index contributed by atoms with van der Waals surface area (Å²) in [6.07, 6.45) is 0.393. The number of carbonyl (C=O) groups is 2. The van der Waals surface area contributed by atoms with E-state index in [1.165, 1.54) is 0 Å². The van der Waals surface area contributed by atoms with Crippen LogP contribution in [0.5, 0.6) is 5.75 Å². The van der Waals surface area contributed by atoms with E-state index >= 15 is 0 Å². The van der Waals surface area contributed by atoms with Gasteiger partial charge in [0, 0.05) is 19.0 Å². The molecule has 3 rings (SSSR count). The number of hydrogen-bond acceptors (Lipinski definition) is 3. The number of amides is 2. The topological polar surface area (TPSA) is 58.6 Å². The highest BCUT2D eigenvalue weighted by Gasteiger charge is 2.31. The molecule has 172 valence electrons. The monoisotopic (exact) mass is 464 g/mol. The first-order valence-corrected chi connectivity index (χ1v) is 11.4. The predicted molar refractivity (Wildman–Crippen MR) is 131 cm³/mol. The molecular formula is C27H29ClN2O3. The van der Waals surface area contributed by atoms with Crippen LogP contribution < -0.4 is 10.1 Å². The standard InChI is InChI=1S/C27H29ClN2O3/c1-20(2)29-27(32)24(17-21-11-5-3-6-12-21)30(18-22-13-7-4-8-14-22)26(31)19-33-25-16-10-9-15-23(25)28/h3-16,20,24H,17-19H2,1-2H3,(H,29,32). The maximum Gasteiger partial charge on any atom is 0.261 e. The summed E-state index contributed by atoms with van der Waals surface area (Å²) in [4.78, 5) is 28.3. The van der Waals surface area contributed by atoms with Gasteiger partial charge >= 0.3 is 0 Å². The third kappa shape index (κ3) is 7.36. The lowest BCUT2D eigenvalue weighted by Crippen LogP contribution is -2.52. The molecule has 0 fully saturated rings. The molecule has 0 aliphatic rings. The third-order valence-corrected chi connectivity index (χ3v) is 5.40. The van der Waals surface area contributed by atoms with Gasteiger partial charge < -0.3 is 15.0 Å². The Balaban J connectivity index is 1.89. The second-order valence-electron chi connectivity index (χ2n) is 8.10. The zero-order chi connectivity index (χ0) is 23.6. The Morgan fingerprint density at radius 1 is 0.879 bits per heavy atom. The van der Waals surface area contributed by atoms with Gasteiger partial charge in [-0.1, -0.05) is 84.4 Å². The van der Waals surface area contributed by atoms with Crippen molar-refractivity contribution in [1.29, 1.82) is 0 Å². The number of nitrogens with zero attached hydrogens (tertiary/aromatic N) is 1. The zero-order valence-electron chi connectivity index (χ0n) is 18.9. The highest BCUT2D eigenvalue weighted by molar-refractivity contribution is 6.32. The molecule has 6 heteroatoms. The average Bonchev–Trinajstić information content (AvgIpc) is 2.81. The number of carbonyl (C=O) groups excluding carboxylic acids is 2. The molecule has 0 spiro atoms. The Bertz CT molecular complexity index is 1040. The molecule has 3 aromatic carbocycles. The lowest BCUT2D eigenvalue weighted by molar-refractivity contribution is -0.143. The lowest BCUT2D eigenvalue weighted by atomic mass is 10.0. The van der Waals surface area contributed by atoms with Crippen LogP contribution in [0.2, 0.25) is 5.02 Å². The van der Waals surface area contributed by atoms with Crippen LogP contribution in [0.3, 0.4) is 0 Å². The van der Waals surface area contributed by atoms with Gasteiger partial charge in [0.05, 0.1) is 5.02 Å². The van der Waals surface area contributed by atoms with E-state index in [0.717, 1.165) is 11.1 Å². The minimum atomic E-state index is -0.697. The summed E-state index contributed by atoms with van der Waals surface area (Å²) in [6, 6.07) is 25.6. The summed E-state index contributed by atoms with van der Waals surface area (Å²) in [5.74, 6) is -0.0621. The summed E-state index contributed by atoms with van der Waals surface area (Å²) in [7, 11) is 0. The first-order chi connectivity index (χ1) is 15.9. The Morgan fingerprint density at radius 2 is 1.45 bits per heavy atom. The van der Waals surface area contributed by atoms with Gasteiger partial charge in [0.15, 0.2) is 6.61 Å². The van der Waals surface area contributed by atoms with Gasteiger partial charge in [-0.15, -0.1) is 0 Å². The first kappa shape index (κ1) is 24.3. The van der Waals surface area contributed by atoms with Crippen LogP contribution in [-0.4, -0.2) is 35.4 Å². The van der Waals surface area contributed by atoms with E-state index in [-0.39, 0.29) is 31.0 Å². The van der Waals surface area contributed by atoms with Gasteiger partial charge in [-0.25, -0.2) is 0 Å². The summed E-state index contributed by atoms with van der Waals surface area (Å²) in [6.45, 7) is 3.87. The molecular weight excluding hydrogens is 436 g/mol. The molecule has 0 saturated heterocycles. The Kier molecular flexibility index (Phi) is 8.90. The largest absolute Gasteiger partial charge is 0.482 e. The molecule has 2 amide bonds. The van der Waals surface area contributed by atoms with E-state index in [9.17, 15) is 9.59 Å². The van der Waals surface area contributed by atoms with Gasteiger partial charge in [0.25, 0.3) is 5.91 Å². The van der Waals surface area contributed by atoms with Crippen molar-refractivity contribution in [3.63, 3.8) is 0 Å². The minimum absolute atomic E-state index is 0.0520. The fraction of sp³-hybridized carbons (Fsp3) is 0.259. The van der Waals surface area contributed by atoms with Crippen LogP contribution in [0.4, 0.5) is 0 Å². The molecule has 0 saturated carbocycles. The molecule has 1 unspecified atom stereocenters. The van der Waals surface area contributed by atoms with Gasteiger partial charge in [-0.05, 0) is 37.1 Å². The predicted octanol–water partition coefficient (Wildman–Crippen LogP) is 4.88. The molecule has 0 bridgehead atoms. The third-order valence-electron chi connectivity index (χ3n) is 5.09. The van der Waals surface area contributed by atoms with Crippen LogP contribution in [0.15, 0.2) is 84.9 Å². The minimum Gasteiger partial charge on any atom is -0.482 e. The van der Waals surface area contributed by atoms with Crippen molar-refractivity contribution in [1.82, 2.24) is 10.2 Å². The van der Waals surface area contributed by atoms with E-state index < -0.39 is 6.04 Å². The molecule has 0 radical (unpaired) electrons. The molecule has 0 aliphatic carbocycles. The van der Waals surface area contributed by atoms with E-state index in [4.69, 9.17) is 16.3 Å². The van der Waals surface area contributed by atoms with Gasteiger partial charge in [0.1, 0.15) is 11.8 Å². The smallest absolute Gasteiger partial charge is 0.261 e. The quantitative estimate of drug-likeness (QED) is 0.465. The SMILES string of the molecule is CC(C)NC(=O)C(Cc1ccccc1)N(Cc1ccccc1)C(=O)COc1ccccc1Cl. The number of hydrogen-bond donors (Lipinski definition) is 1. The molecule has 0 aromatic heterocycles. The van der Waals surface area contributed by atoms with Crippen molar-refractivity contribution < 1.29 is 14.3 Å². The molecule has 0 heterocycles. The summed E-state index contributed by atoms with van der Waals surface area (Å²) in [5, 5.41) is 3.40. The average molecular weight is 465 g/mol. The fourth-order valence-corrected chi connectivity index (χ4v) is 3.69. The van der Waals surface area contributed by atoms with Gasteiger partial charge in [-0.2, -0.15) is 0 Å². The Hall–Kier alpha value is -3.31. The van der Waals surface area contributed by atoms with Crippen LogP contribution in [0.25, 0.3) is 0 Å². The molecule has 1 N–H and O–H groups in total. The zero-order valence-corrected chi connectivity index (χ0v) is 19.7. The van der Waals surface area contributed by atoms with Crippen molar-refractivity contribution in [2.24, 2.45) is 0 Å². The summed E-state index contributed by atoms with van der Waals surface area (Å²) in [5.41, 5.74) is 1.90. The first-order valence-electron chi connectivity index (χ1n) is 11.0. The molecule has 1 atom stereocenters. The second-order valence-corrected chi connectivity index (χ2v) is 8.50. The summed E-state index contributed by atoms with van der Waals surface area (Å²) >= 11 is 6.18. The van der Waals surface area contributed by atoms with Crippen molar-refractivity contribution in [2.75, 3.05) is 6.61 Å². The Labute approximate surface area is 200 Å². The summed E-state index contributed by atoms with van der Waals surface area (Å²) < 4.78 is 5.72. The normalized spacial score (nSPS) is 11.6. The van der Waals surface area contributed by atoms with Crippen LogP contribution in [-0.2, 0) is 22.6 Å². The Morgan fingerprint density at radius 3 is 2.06 bits per heavy atom. The molecule has 0 aliphatic heterocycles. The second kappa shape index (κ2) is 12.1. The van der Waals surface area contributed by atoms with Crippen LogP contribution >= 0.6 is 11.6 Å². The number of benzene rings is 3. The molecule has 3 aromatic rings. The maximum atomic E-state index is 13.4. The van der Waals surface area contributed by atoms with Crippen molar-refractivity contribution in [2.45, 2.75) is 38.9 Å². The van der Waals surface area contributed by atoms with E-state index in [2.05, 4.69) is 5.32 Å².